The Morgan fingerprint density at radius 1 is 1.12 bits per heavy atom. The van der Waals surface area contributed by atoms with Gasteiger partial charge in [-0.3, -0.25) is 0 Å². The van der Waals surface area contributed by atoms with Gasteiger partial charge in [-0.1, -0.05) is 0 Å². The average Bonchev–Trinajstić information content (AvgIpc) is 2.23. The molecule has 0 aromatic carbocycles. The van der Waals surface area contributed by atoms with Gasteiger partial charge in [0.05, 0.1) is 0 Å². The molecule has 0 aliphatic heterocycles. The molecule has 0 amide bonds. The summed E-state index contributed by atoms with van der Waals surface area (Å²) in [5.74, 6) is 9.27. The van der Waals surface area contributed by atoms with Crippen LogP contribution in [-0.4, -0.2) is 6.04 Å². The first-order chi connectivity index (χ1) is 8.19. The van der Waals surface area contributed by atoms with Crippen LogP contribution in [0.25, 0.3) is 0 Å². The Balaban J connectivity index is 1.67. The molecule has 4 fully saturated rings. The highest BCUT2D eigenvalue weighted by Crippen LogP contribution is 2.61. The zero-order valence-electron chi connectivity index (χ0n) is 11.0. The van der Waals surface area contributed by atoms with Crippen LogP contribution < -0.4 is 5.73 Å². The fourth-order valence-electron chi connectivity index (χ4n) is 5.40. The molecule has 4 bridgehead atoms. The number of rotatable bonds is 3. The summed E-state index contributed by atoms with van der Waals surface area (Å²) in [5, 5.41) is 0. The Morgan fingerprint density at radius 3 is 2.12 bits per heavy atom. The van der Waals surface area contributed by atoms with E-state index in [4.69, 9.17) is 5.73 Å². The van der Waals surface area contributed by atoms with E-state index < -0.39 is 0 Å². The predicted molar refractivity (Wildman–Crippen MR) is 71.3 cm³/mol. The van der Waals surface area contributed by atoms with Crippen molar-refractivity contribution in [2.75, 3.05) is 0 Å². The first-order valence-corrected chi connectivity index (χ1v) is 7.34. The Hall–Kier alpha value is -0.480. The molecule has 1 nitrogen and oxygen atoms in total. The highest BCUT2D eigenvalue weighted by atomic mass is 14.7. The lowest BCUT2D eigenvalue weighted by Gasteiger charge is -2.57. The van der Waals surface area contributed by atoms with Crippen molar-refractivity contribution in [1.82, 2.24) is 0 Å². The average molecular weight is 231 g/mol. The molecule has 0 spiro atoms. The molecule has 17 heavy (non-hydrogen) atoms. The molecule has 1 unspecified atom stereocenters. The van der Waals surface area contributed by atoms with Crippen LogP contribution in [0, 0.1) is 35.0 Å². The molecule has 0 saturated heterocycles. The van der Waals surface area contributed by atoms with Crippen LogP contribution in [0.15, 0.2) is 0 Å². The lowest BCUT2D eigenvalue weighted by atomic mass is 9.48. The molecule has 4 aliphatic rings. The van der Waals surface area contributed by atoms with Gasteiger partial charge in [-0.05, 0) is 75.0 Å². The molecular formula is C16H25N. The highest BCUT2D eigenvalue weighted by molar-refractivity contribution is 5.04. The molecule has 1 atom stereocenters. The summed E-state index contributed by atoms with van der Waals surface area (Å²) < 4.78 is 0. The SMILES string of the molecule is CC#CCC(N)CC12CC3CC(CC(C3)C1)C2. The Labute approximate surface area is 106 Å². The zero-order valence-corrected chi connectivity index (χ0v) is 11.0. The van der Waals surface area contributed by atoms with Gasteiger partial charge in [-0.25, -0.2) is 0 Å². The molecule has 0 radical (unpaired) electrons. The van der Waals surface area contributed by atoms with E-state index in [0.29, 0.717) is 11.5 Å². The van der Waals surface area contributed by atoms with Gasteiger partial charge in [0.1, 0.15) is 0 Å². The van der Waals surface area contributed by atoms with Gasteiger partial charge in [0.25, 0.3) is 0 Å². The van der Waals surface area contributed by atoms with Crippen molar-refractivity contribution in [2.24, 2.45) is 28.9 Å². The molecule has 2 N–H and O–H groups in total. The van der Waals surface area contributed by atoms with Gasteiger partial charge >= 0.3 is 0 Å². The third-order valence-corrected chi connectivity index (χ3v) is 5.40. The number of hydrogen-bond acceptors (Lipinski definition) is 1. The molecule has 4 aliphatic carbocycles. The van der Waals surface area contributed by atoms with Crippen molar-refractivity contribution in [1.29, 1.82) is 0 Å². The first kappa shape index (κ1) is 11.6. The van der Waals surface area contributed by atoms with Gasteiger partial charge in [0.15, 0.2) is 0 Å². The summed E-state index contributed by atoms with van der Waals surface area (Å²) >= 11 is 0. The lowest BCUT2D eigenvalue weighted by Crippen LogP contribution is -2.48. The Morgan fingerprint density at radius 2 is 1.65 bits per heavy atom. The van der Waals surface area contributed by atoms with Crippen molar-refractivity contribution in [3.8, 4) is 11.8 Å². The van der Waals surface area contributed by atoms with Gasteiger partial charge in [0.2, 0.25) is 0 Å². The second-order valence-electron chi connectivity index (χ2n) is 7.01. The van der Waals surface area contributed by atoms with E-state index in [1.807, 2.05) is 6.92 Å². The summed E-state index contributed by atoms with van der Waals surface area (Å²) in [6.07, 6.45) is 11.2. The Kier molecular flexibility index (Phi) is 2.95. The number of nitrogens with two attached hydrogens (primary N) is 1. The molecule has 0 heterocycles. The quantitative estimate of drug-likeness (QED) is 0.741. The summed E-state index contributed by atoms with van der Waals surface area (Å²) in [6, 6.07) is 0.318. The monoisotopic (exact) mass is 231 g/mol. The standard InChI is InChI=1S/C16H25N/c1-2-3-4-15(17)11-16-8-12-5-13(9-16)7-14(6-12)10-16/h12-15H,4-11,17H2,1H3. The van der Waals surface area contributed by atoms with E-state index in [1.54, 1.807) is 0 Å². The molecule has 0 aromatic rings. The maximum Gasteiger partial charge on any atom is 0.0241 e. The highest BCUT2D eigenvalue weighted by Gasteiger charge is 2.50. The van der Waals surface area contributed by atoms with E-state index in [9.17, 15) is 0 Å². The van der Waals surface area contributed by atoms with Crippen LogP contribution in [0.1, 0.15) is 58.3 Å². The summed E-state index contributed by atoms with van der Waals surface area (Å²) in [7, 11) is 0. The van der Waals surface area contributed by atoms with E-state index in [-0.39, 0.29) is 0 Å². The first-order valence-electron chi connectivity index (χ1n) is 7.34. The van der Waals surface area contributed by atoms with Gasteiger partial charge < -0.3 is 5.73 Å². The van der Waals surface area contributed by atoms with Crippen molar-refractivity contribution in [3.63, 3.8) is 0 Å². The predicted octanol–water partition coefficient (Wildman–Crippen LogP) is 3.33. The van der Waals surface area contributed by atoms with Crippen LogP contribution >= 0.6 is 0 Å². The third-order valence-electron chi connectivity index (χ3n) is 5.40. The fourth-order valence-corrected chi connectivity index (χ4v) is 5.40. The van der Waals surface area contributed by atoms with Gasteiger partial charge in [-0.2, -0.15) is 0 Å². The molecule has 94 valence electrons. The molecule has 1 heteroatoms. The van der Waals surface area contributed by atoms with Crippen molar-refractivity contribution < 1.29 is 0 Å². The number of hydrogen-bond donors (Lipinski definition) is 1. The van der Waals surface area contributed by atoms with Crippen LogP contribution in [0.4, 0.5) is 0 Å². The maximum absolute atomic E-state index is 6.28. The summed E-state index contributed by atoms with van der Waals surface area (Å²) in [5.41, 5.74) is 6.91. The van der Waals surface area contributed by atoms with Crippen molar-refractivity contribution in [3.05, 3.63) is 0 Å². The third kappa shape index (κ3) is 2.25. The minimum absolute atomic E-state index is 0.318. The molecule has 4 saturated carbocycles. The maximum atomic E-state index is 6.28. The van der Waals surface area contributed by atoms with Crippen LogP contribution in [-0.2, 0) is 0 Å². The normalized spacial score (nSPS) is 44.2. The smallest absolute Gasteiger partial charge is 0.0241 e. The second kappa shape index (κ2) is 4.32. The van der Waals surface area contributed by atoms with Crippen LogP contribution in [0.2, 0.25) is 0 Å². The lowest BCUT2D eigenvalue weighted by molar-refractivity contribution is -0.0601. The minimum Gasteiger partial charge on any atom is -0.327 e. The van der Waals surface area contributed by atoms with Crippen LogP contribution in [0.3, 0.4) is 0 Å². The minimum atomic E-state index is 0.318. The van der Waals surface area contributed by atoms with E-state index in [0.717, 1.165) is 24.2 Å². The van der Waals surface area contributed by atoms with Gasteiger partial charge in [-0.15, -0.1) is 11.8 Å². The van der Waals surface area contributed by atoms with Crippen molar-refractivity contribution >= 4 is 0 Å². The second-order valence-corrected chi connectivity index (χ2v) is 7.01. The fraction of sp³-hybridized carbons (Fsp3) is 0.875. The molecule has 0 aromatic heterocycles. The van der Waals surface area contributed by atoms with Gasteiger partial charge in [0, 0.05) is 12.5 Å². The summed E-state index contributed by atoms with van der Waals surface area (Å²) in [4.78, 5) is 0. The topological polar surface area (TPSA) is 26.0 Å². The van der Waals surface area contributed by atoms with E-state index in [2.05, 4.69) is 11.8 Å². The van der Waals surface area contributed by atoms with E-state index >= 15 is 0 Å². The zero-order chi connectivity index (χ0) is 11.9. The Bertz CT molecular complexity index is 311. The van der Waals surface area contributed by atoms with E-state index in [1.165, 1.54) is 44.9 Å². The molecular weight excluding hydrogens is 206 g/mol. The largest absolute Gasteiger partial charge is 0.327 e. The van der Waals surface area contributed by atoms with Crippen molar-refractivity contribution in [2.45, 2.75) is 64.3 Å². The molecule has 4 rings (SSSR count). The summed E-state index contributed by atoms with van der Waals surface area (Å²) in [6.45, 7) is 1.91. The van der Waals surface area contributed by atoms with Crippen LogP contribution in [0.5, 0.6) is 0 Å².